The molecular weight excluding hydrogens is 414 g/mol. The second-order valence-electron chi connectivity index (χ2n) is 8.42. The molecule has 0 fully saturated rings. The van der Waals surface area contributed by atoms with Gasteiger partial charge in [-0.05, 0) is 24.1 Å². The number of hydrogen-bond acceptors (Lipinski definition) is 7. The van der Waals surface area contributed by atoms with E-state index in [0.717, 1.165) is 34.0 Å². The van der Waals surface area contributed by atoms with Gasteiger partial charge in [-0.25, -0.2) is 24.9 Å². The fourth-order valence-corrected chi connectivity index (χ4v) is 3.35. The summed E-state index contributed by atoms with van der Waals surface area (Å²) in [7, 11) is 0. The fraction of sp³-hybridized carbons (Fsp3) is 0.273. The number of benzene rings is 1. The number of nitrogens with one attached hydrogen (secondary N) is 1. The third-order valence-electron chi connectivity index (χ3n) is 4.96. The van der Waals surface area contributed by atoms with E-state index in [0.29, 0.717) is 12.1 Å². The number of aliphatic imine (C=N–C) groups is 1. The molecule has 1 aliphatic rings. The average Bonchev–Trinajstić information content (AvgIpc) is 3.14. The zero-order valence-corrected chi connectivity index (χ0v) is 18.4. The van der Waals surface area contributed by atoms with E-state index in [-0.39, 0.29) is 21.9 Å². The van der Waals surface area contributed by atoms with Crippen molar-refractivity contribution < 1.29 is 4.79 Å². The Morgan fingerprint density at radius 3 is 2.71 bits per heavy atom. The van der Waals surface area contributed by atoms with Crippen LogP contribution in [0.5, 0.6) is 0 Å². The van der Waals surface area contributed by atoms with Crippen molar-refractivity contribution in [3.8, 4) is 0 Å². The number of anilines is 2. The van der Waals surface area contributed by atoms with Crippen molar-refractivity contribution in [3.05, 3.63) is 64.1 Å². The number of nitrogen functional groups attached to an aromatic ring is 1. The van der Waals surface area contributed by atoms with Crippen molar-refractivity contribution in [3.63, 3.8) is 0 Å². The lowest BCUT2D eigenvalue weighted by Crippen LogP contribution is -2.17. The lowest BCUT2D eigenvalue weighted by molar-refractivity contribution is 0.102. The van der Waals surface area contributed by atoms with Gasteiger partial charge in [0, 0.05) is 17.5 Å². The van der Waals surface area contributed by atoms with Gasteiger partial charge < -0.3 is 11.1 Å². The van der Waals surface area contributed by atoms with E-state index in [4.69, 9.17) is 27.3 Å². The molecule has 0 atom stereocenters. The van der Waals surface area contributed by atoms with Crippen LogP contribution in [0.1, 0.15) is 53.9 Å². The summed E-state index contributed by atoms with van der Waals surface area (Å²) in [5.74, 6) is 0.387. The molecule has 0 spiro atoms. The van der Waals surface area contributed by atoms with E-state index in [2.05, 4.69) is 41.0 Å². The molecule has 0 radical (unpaired) electrons. The van der Waals surface area contributed by atoms with Crippen LogP contribution < -0.4 is 11.1 Å². The number of aryl methyl sites for hydroxylation is 1. The first-order valence-corrected chi connectivity index (χ1v) is 10.1. The molecule has 0 aliphatic carbocycles. The quantitative estimate of drug-likeness (QED) is 0.640. The van der Waals surface area contributed by atoms with Gasteiger partial charge in [0.1, 0.15) is 28.7 Å². The van der Waals surface area contributed by atoms with Crippen LogP contribution in [0, 0.1) is 6.92 Å². The maximum absolute atomic E-state index is 12.7. The van der Waals surface area contributed by atoms with E-state index in [1.54, 1.807) is 6.20 Å². The van der Waals surface area contributed by atoms with Gasteiger partial charge in [0.15, 0.2) is 5.69 Å². The standard InChI is InChI=1S/C22H22ClN7O/c1-11-5-6-12(7-13(11)29-20(31)18-17(23)19(24)27-10-26-18)14-8-15-16(28-14)9-25-21(30-15)22(2,3)4/h5-7,9-10H,8H2,1-4H3,(H,29,31)(H2,24,26,27). The molecule has 2 aromatic heterocycles. The molecule has 0 bridgehead atoms. The van der Waals surface area contributed by atoms with Crippen LogP contribution in [0.4, 0.5) is 17.2 Å². The molecule has 1 aliphatic heterocycles. The fourth-order valence-electron chi connectivity index (χ4n) is 3.17. The molecule has 3 heterocycles. The van der Waals surface area contributed by atoms with Crippen LogP contribution in [-0.2, 0) is 11.8 Å². The molecule has 158 valence electrons. The zero-order chi connectivity index (χ0) is 22.3. The van der Waals surface area contributed by atoms with Crippen molar-refractivity contribution in [2.24, 2.45) is 4.99 Å². The van der Waals surface area contributed by atoms with Crippen LogP contribution in [0.15, 0.2) is 35.7 Å². The summed E-state index contributed by atoms with van der Waals surface area (Å²) >= 11 is 6.08. The van der Waals surface area contributed by atoms with Crippen molar-refractivity contribution >= 4 is 40.4 Å². The normalized spacial score (nSPS) is 13.0. The second-order valence-corrected chi connectivity index (χ2v) is 8.79. The summed E-state index contributed by atoms with van der Waals surface area (Å²) in [6.45, 7) is 8.15. The predicted octanol–water partition coefficient (Wildman–Crippen LogP) is 4.04. The van der Waals surface area contributed by atoms with Crippen LogP contribution in [-0.4, -0.2) is 31.6 Å². The third kappa shape index (κ3) is 4.11. The van der Waals surface area contributed by atoms with Crippen molar-refractivity contribution in [2.45, 2.75) is 39.5 Å². The van der Waals surface area contributed by atoms with Gasteiger partial charge in [-0.1, -0.05) is 44.5 Å². The molecule has 0 saturated heterocycles. The molecule has 4 rings (SSSR count). The summed E-state index contributed by atoms with van der Waals surface area (Å²) in [4.78, 5) is 34.3. The maximum Gasteiger partial charge on any atom is 0.276 e. The molecule has 3 aromatic rings. The lowest BCUT2D eigenvalue weighted by Gasteiger charge is -2.16. The summed E-state index contributed by atoms with van der Waals surface area (Å²) in [6.07, 6.45) is 3.58. The first-order chi connectivity index (χ1) is 14.6. The van der Waals surface area contributed by atoms with Crippen molar-refractivity contribution in [1.29, 1.82) is 0 Å². The van der Waals surface area contributed by atoms with E-state index in [1.807, 2.05) is 25.1 Å². The molecule has 0 saturated carbocycles. The monoisotopic (exact) mass is 435 g/mol. The number of aromatic nitrogens is 4. The van der Waals surface area contributed by atoms with Crippen LogP contribution in [0.2, 0.25) is 5.02 Å². The molecule has 1 aromatic carbocycles. The molecule has 8 nitrogen and oxygen atoms in total. The Hall–Kier alpha value is -3.39. The SMILES string of the molecule is Cc1ccc(C2=Nc3cnc(C(C)(C)C)nc3C2)cc1NC(=O)c1ncnc(N)c1Cl. The van der Waals surface area contributed by atoms with Gasteiger partial charge >= 0.3 is 0 Å². The van der Waals surface area contributed by atoms with Crippen LogP contribution in [0.3, 0.4) is 0 Å². The highest BCUT2D eigenvalue weighted by Gasteiger charge is 2.24. The Morgan fingerprint density at radius 1 is 1.19 bits per heavy atom. The highest BCUT2D eigenvalue weighted by molar-refractivity contribution is 6.36. The Kier molecular flexibility index (Phi) is 5.18. The summed E-state index contributed by atoms with van der Waals surface area (Å²) in [6, 6.07) is 5.79. The number of rotatable bonds is 3. The highest BCUT2D eigenvalue weighted by atomic mass is 35.5. The average molecular weight is 436 g/mol. The lowest BCUT2D eigenvalue weighted by atomic mass is 9.95. The van der Waals surface area contributed by atoms with Gasteiger partial charge in [-0.3, -0.25) is 4.79 Å². The van der Waals surface area contributed by atoms with Crippen LogP contribution >= 0.6 is 11.6 Å². The number of carbonyl (C=O) groups excluding carboxylic acids is 1. The Labute approximate surface area is 185 Å². The minimum Gasteiger partial charge on any atom is -0.382 e. The second kappa shape index (κ2) is 7.70. The van der Waals surface area contributed by atoms with E-state index >= 15 is 0 Å². The van der Waals surface area contributed by atoms with Gasteiger partial charge in [-0.15, -0.1) is 0 Å². The van der Waals surface area contributed by atoms with Gasteiger partial charge in [0.25, 0.3) is 5.91 Å². The molecule has 1 amide bonds. The topological polar surface area (TPSA) is 119 Å². The number of hydrogen-bond donors (Lipinski definition) is 2. The zero-order valence-electron chi connectivity index (χ0n) is 17.7. The first kappa shape index (κ1) is 20.9. The molecule has 3 N–H and O–H groups in total. The predicted molar refractivity (Wildman–Crippen MR) is 121 cm³/mol. The minimum atomic E-state index is -0.461. The summed E-state index contributed by atoms with van der Waals surface area (Å²) < 4.78 is 0. The summed E-state index contributed by atoms with van der Waals surface area (Å²) in [5, 5.41) is 2.88. The Morgan fingerprint density at radius 2 is 1.97 bits per heavy atom. The van der Waals surface area contributed by atoms with Crippen molar-refractivity contribution in [2.75, 3.05) is 11.1 Å². The van der Waals surface area contributed by atoms with Crippen LogP contribution in [0.25, 0.3) is 0 Å². The molecular formula is C22H22ClN7O. The number of fused-ring (bicyclic) bond motifs is 1. The highest BCUT2D eigenvalue weighted by Crippen LogP contribution is 2.30. The number of nitrogens with zero attached hydrogens (tertiary/aromatic N) is 5. The Bertz CT molecular complexity index is 1230. The largest absolute Gasteiger partial charge is 0.382 e. The minimum absolute atomic E-state index is 0.0227. The molecule has 0 unspecified atom stereocenters. The summed E-state index contributed by atoms with van der Waals surface area (Å²) in [5.41, 5.74) is 10.5. The van der Waals surface area contributed by atoms with E-state index in [9.17, 15) is 4.79 Å². The number of nitrogens with two attached hydrogens (primary N) is 1. The van der Waals surface area contributed by atoms with Gasteiger partial charge in [0.2, 0.25) is 0 Å². The molecule has 31 heavy (non-hydrogen) atoms. The van der Waals surface area contributed by atoms with Crippen molar-refractivity contribution in [1.82, 2.24) is 19.9 Å². The third-order valence-corrected chi connectivity index (χ3v) is 5.33. The number of halogens is 1. The first-order valence-electron chi connectivity index (χ1n) is 9.76. The van der Waals surface area contributed by atoms with E-state index < -0.39 is 5.91 Å². The van der Waals surface area contributed by atoms with Gasteiger partial charge in [-0.2, -0.15) is 0 Å². The number of amides is 1. The van der Waals surface area contributed by atoms with E-state index in [1.165, 1.54) is 6.33 Å². The smallest absolute Gasteiger partial charge is 0.276 e. The Balaban J connectivity index is 1.60. The maximum atomic E-state index is 12.7. The number of carbonyl (C=O) groups is 1. The van der Waals surface area contributed by atoms with Gasteiger partial charge in [0.05, 0.1) is 17.6 Å². The molecule has 9 heteroatoms.